The number of nitrogens with one attached hydrogen (secondary N) is 1. The van der Waals surface area contributed by atoms with E-state index in [1.54, 1.807) is 19.9 Å². The molecule has 4 rings (SSSR count). The van der Waals surface area contributed by atoms with E-state index in [-0.39, 0.29) is 49.7 Å². The molecule has 0 radical (unpaired) electrons. The molecule has 0 spiro atoms. The highest BCUT2D eigenvalue weighted by Crippen LogP contribution is 2.29. The number of aryl methyl sites for hydroxylation is 1. The lowest BCUT2D eigenvalue weighted by atomic mass is 10.0. The van der Waals surface area contributed by atoms with Crippen molar-refractivity contribution in [2.45, 2.75) is 39.5 Å². The van der Waals surface area contributed by atoms with E-state index in [1.165, 1.54) is 29.2 Å². The SMILES string of the molecule is CCOn1c(NCc2ccc(C(F)(F)F)cc2)nc2c(c1=O)CN(C(=O)c1ccc(C)cc1F)CC2. The fourth-order valence-electron chi connectivity index (χ4n) is 3.95. The van der Waals surface area contributed by atoms with Crippen molar-refractivity contribution in [3.8, 4) is 0 Å². The molecule has 1 aliphatic heterocycles. The Morgan fingerprint density at radius 3 is 2.53 bits per heavy atom. The smallest absolute Gasteiger partial charge is 0.408 e. The highest BCUT2D eigenvalue weighted by atomic mass is 19.4. The van der Waals surface area contributed by atoms with E-state index in [4.69, 9.17) is 4.84 Å². The van der Waals surface area contributed by atoms with Crippen molar-refractivity contribution in [3.05, 3.63) is 92.1 Å². The number of alkyl halides is 3. The van der Waals surface area contributed by atoms with E-state index in [0.717, 1.165) is 16.9 Å². The summed E-state index contributed by atoms with van der Waals surface area (Å²) in [5.74, 6) is -1.05. The highest BCUT2D eigenvalue weighted by molar-refractivity contribution is 5.94. The van der Waals surface area contributed by atoms with Gasteiger partial charge in [-0.3, -0.25) is 9.59 Å². The molecule has 0 bridgehead atoms. The Kier molecular flexibility index (Phi) is 7.00. The van der Waals surface area contributed by atoms with Crippen molar-refractivity contribution in [1.29, 1.82) is 0 Å². The van der Waals surface area contributed by atoms with Gasteiger partial charge in [0.1, 0.15) is 12.4 Å². The number of benzene rings is 2. The maximum absolute atomic E-state index is 14.3. The Bertz CT molecular complexity index is 1340. The Labute approximate surface area is 204 Å². The summed E-state index contributed by atoms with van der Waals surface area (Å²) in [5, 5.41) is 2.95. The molecule has 190 valence electrons. The van der Waals surface area contributed by atoms with Gasteiger partial charge in [0.15, 0.2) is 0 Å². The molecule has 11 heteroatoms. The number of aromatic nitrogens is 2. The quantitative estimate of drug-likeness (QED) is 0.515. The molecule has 1 aliphatic rings. The Balaban J connectivity index is 1.57. The van der Waals surface area contributed by atoms with Crippen LogP contribution in [0, 0.1) is 12.7 Å². The third-order valence-electron chi connectivity index (χ3n) is 5.82. The number of anilines is 1. The number of halogens is 4. The molecule has 1 N–H and O–H groups in total. The minimum Gasteiger partial charge on any atom is -0.408 e. The van der Waals surface area contributed by atoms with Crippen LogP contribution in [0.3, 0.4) is 0 Å². The second-order valence-corrected chi connectivity index (χ2v) is 8.39. The first-order valence-electron chi connectivity index (χ1n) is 11.3. The molecule has 0 unspecified atom stereocenters. The summed E-state index contributed by atoms with van der Waals surface area (Å²) in [6.45, 7) is 3.84. The van der Waals surface area contributed by atoms with Gasteiger partial charge >= 0.3 is 6.18 Å². The van der Waals surface area contributed by atoms with Crippen molar-refractivity contribution in [1.82, 2.24) is 14.6 Å². The summed E-state index contributed by atoms with van der Waals surface area (Å²) in [7, 11) is 0. The molecule has 2 heterocycles. The number of fused-ring (bicyclic) bond motifs is 1. The van der Waals surface area contributed by atoms with Gasteiger partial charge < -0.3 is 15.1 Å². The molecular formula is C25H24F4N4O3. The van der Waals surface area contributed by atoms with E-state index < -0.39 is 29.0 Å². The summed E-state index contributed by atoms with van der Waals surface area (Å²) in [6, 6.07) is 8.99. The van der Waals surface area contributed by atoms with Gasteiger partial charge in [-0.05, 0) is 49.2 Å². The first-order valence-corrected chi connectivity index (χ1v) is 11.3. The van der Waals surface area contributed by atoms with Crippen molar-refractivity contribution < 1.29 is 27.2 Å². The fraction of sp³-hybridized carbons (Fsp3) is 0.320. The number of amides is 1. The first kappa shape index (κ1) is 25.2. The monoisotopic (exact) mass is 504 g/mol. The lowest BCUT2D eigenvalue weighted by molar-refractivity contribution is -0.137. The molecule has 0 aliphatic carbocycles. The molecule has 2 aromatic carbocycles. The van der Waals surface area contributed by atoms with E-state index in [2.05, 4.69) is 10.3 Å². The van der Waals surface area contributed by atoms with Crippen molar-refractivity contribution in [2.24, 2.45) is 0 Å². The number of hydrogen-bond donors (Lipinski definition) is 1. The third kappa shape index (κ3) is 5.19. The minimum absolute atomic E-state index is 0.0560. The van der Waals surface area contributed by atoms with Gasteiger partial charge in [0.2, 0.25) is 5.95 Å². The van der Waals surface area contributed by atoms with Gasteiger partial charge in [0.25, 0.3) is 11.5 Å². The Morgan fingerprint density at radius 2 is 1.89 bits per heavy atom. The number of rotatable bonds is 6. The second kappa shape index (κ2) is 10.00. The summed E-state index contributed by atoms with van der Waals surface area (Å²) in [6.07, 6.45) is -4.16. The third-order valence-corrected chi connectivity index (χ3v) is 5.82. The van der Waals surface area contributed by atoms with E-state index in [9.17, 15) is 27.2 Å². The molecule has 7 nitrogen and oxygen atoms in total. The zero-order valence-corrected chi connectivity index (χ0v) is 19.7. The lowest BCUT2D eigenvalue weighted by Gasteiger charge is -2.29. The second-order valence-electron chi connectivity index (χ2n) is 8.39. The molecule has 1 aromatic heterocycles. The standard InChI is InChI=1S/C25H24F4N4O3/c1-3-36-33-23(35)19-14-32(22(34)18-9-4-15(2)12-20(18)26)11-10-21(19)31-24(33)30-13-16-5-7-17(8-6-16)25(27,28)29/h4-9,12H,3,10-11,13-14H2,1-2H3,(H,30,31). The van der Waals surface area contributed by atoms with Crippen molar-refractivity contribution >= 4 is 11.9 Å². The van der Waals surface area contributed by atoms with Gasteiger partial charge in [0, 0.05) is 19.5 Å². The average Bonchev–Trinajstić information content (AvgIpc) is 2.84. The average molecular weight is 504 g/mol. The van der Waals surface area contributed by atoms with Crippen LogP contribution < -0.4 is 15.7 Å². The van der Waals surface area contributed by atoms with Crippen LogP contribution in [-0.4, -0.2) is 33.7 Å². The normalized spacial score (nSPS) is 13.3. The van der Waals surface area contributed by atoms with Crippen LogP contribution in [0.2, 0.25) is 0 Å². The van der Waals surface area contributed by atoms with Crippen LogP contribution in [-0.2, 0) is 25.7 Å². The number of hydrogen-bond acceptors (Lipinski definition) is 5. The van der Waals surface area contributed by atoms with Gasteiger partial charge in [0.05, 0.1) is 28.9 Å². The maximum atomic E-state index is 14.3. The number of carbonyl (C=O) groups excluding carboxylic acids is 1. The molecule has 0 saturated heterocycles. The first-order chi connectivity index (χ1) is 17.1. The summed E-state index contributed by atoms with van der Waals surface area (Å²) in [5.41, 5.74) is 0.627. The Morgan fingerprint density at radius 1 is 1.17 bits per heavy atom. The van der Waals surface area contributed by atoms with Gasteiger partial charge in [-0.15, -0.1) is 4.73 Å². The molecule has 1 amide bonds. The van der Waals surface area contributed by atoms with Crippen LogP contribution in [0.4, 0.5) is 23.5 Å². The largest absolute Gasteiger partial charge is 0.416 e. The number of carbonyl (C=O) groups is 1. The molecule has 0 atom stereocenters. The zero-order valence-electron chi connectivity index (χ0n) is 19.7. The van der Waals surface area contributed by atoms with Gasteiger partial charge in [-0.2, -0.15) is 13.2 Å². The summed E-state index contributed by atoms with van der Waals surface area (Å²) in [4.78, 5) is 37.5. The number of nitrogens with zero attached hydrogens (tertiary/aromatic N) is 3. The predicted octanol–water partition coefficient (Wildman–Crippen LogP) is 3.97. The Hall–Kier alpha value is -3.89. The lowest BCUT2D eigenvalue weighted by Crippen LogP contribution is -2.43. The van der Waals surface area contributed by atoms with Crippen LogP contribution in [0.5, 0.6) is 0 Å². The van der Waals surface area contributed by atoms with E-state index in [1.807, 2.05) is 0 Å². The molecule has 0 saturated carbocycles. The topological polar surface area (TPSA) is 76.5 Å². The fourth-order valence-corrected chi connectivity index (χ4v) is 3.95. The predicted molar refractivity (Wildman–Crippen MR) is 124 cm³/mol. The zero-order chi connectivity index (χ0) is 26.0. The minimum atomic E-state index is -4.43. The van der Waals surface area contributed by atoms with Crippen LogP contribution in [0.15, 0.2) is 47.3 Å². The van der Waals surface area contributed by atoms with Crippen molar-refractivity contribution in [2.75, 3.05) is 18.5 Å². The summed E-state index contributed by atoms with van der Waals surface area (Å²) >= 11 is 0. The van der Waals surface area contributed by atoms with E-state index in [0.29, 0.717) is 16.8 Å². The van der Waals surface area contributed by atoms with Crippen LogP contribution in [0.1, 0.15) is 45.2 Å². The van der Waals surface area contributed by atoms with Gasteiger partial charge in [-0.1, -0.05) is 18.2 Å². The summed E-state index contributed by atoms with van der Waals surface area (Å²) < 4.78 is 53.7. The van der Waals surface area contributed by atoms with Crippen LogP contribution >= 0.6 is 0 Å². The van der Waals surface area contributed by atoms with Crippen LogP contribution in [0.25, 0.3) is 0 Å². The molecule has 36 heavy (non-hydrogen) atoms. The molecule has 3 aromatic rings. The highest BCUT2D eigenvalue weighted by Gasteiger charge is 2.30. The van der Waals surface area contributed by atoms with Crippen molar-refractivity contribution in [3.63, 3.8) is 0 Å². The molecular weight excluding hydrogens is 480 g/mol. The van der Waals surface area contributed by atoms with E-state index >= 15 is 0 Å². The maximum Gasteiger partial charge on any atom is 0.416 e. The van der Waals surface area contributed by atoms with Gasteiger partial charge in [-0.25, -0.2) is 9.37 Å². The molecule has 0 fully saturated rings.